The average molecular weight is 342 g/mol. The van der Waals surface area contributed by atoms with Crippen LogP contribution in [0.5, 0.6) is 0 Å². The van der Waals surface area contributed by atoms with Crippen LogP contribution in [0.4, 0.5) is 0 Å². The lowest BCUT2D eigenvalue weighted by molar-refractivity contribution is -0.277. The molecule has 2 aromatic rings. The summed E-state index contributed by atoms with van der Waals surface area (Å²) in [5.41, 5.74) is 2.27. The van der Waals surface area contributed by atoms with Gasteiger partial charge >= 0.3 is 0 Å². The largest absolute Gasteiger partial charge is 0.371 e. The first-order valence-corrected chi connectivity index (χ1v) is 8.75. The van der Waals surface area contributed by atoms with Gasteiger partial charge in [-0.3, -0.25) is 0 Å². The average Bonchev–Trinajstić information content (AvgIpc) is 2.66. The minimum Gasteiger partial charge on any atom is -0.371 e. The number of methoxy groups -OCH3 is 1. The van der Waals surface area contributed by atoms with Crippen molar-refractivity contribution in [2.45, 2.75) is 51.2 Å². The molecule has 1 unspecified atom stereocenters. The van der Waals surface area contributed by atoms with E-state index in [4.69, 9.17) is 18.9 Å². The predicted octanol–water partition coefficient (Wildman–Crippen LogP) is 3.94. The zero-order valence-electron chi connectivity index (χ0n) is 14.8. The Balaban J connectivity index is 1.65. The summed E-state index contributed by atoms with van der Waals surface area (Å²) in [6.07, 6.45) is 0.102. The summed E-state index contributed by atoms with van der Waals surface area (Å²) in [5, 5.41) is 0. The van der Waals surface area contributed by atoms with Crippen molar-refractivity contribution in [3.05, 3.63) is 71.8 Å². The Bertz CT molecular complexity index is 616. The normalized spacial score (nSPS) is 26.5. The summed E-state index contributed by atoms with van der Waals surface area (Å²) in [7, 11) is 1.65. The topological polar surface area (TPSA) is 36.9 Å². The highest BCUT2D eigenvalue weighted by Crippen LogP contribution is 2.27. The van der Waals surface area contributed by atoms with Crippen molar-refractivity contribution >= 4 is 0 Å². The van der Waals surface area contributed by atoms with E-state index in [1.54, 1.807) is 7.11 Å². The van der Waals surface area contributed by atoms with Gasteiger partial charge in [0.25, 0.3) is 0 Å². The summed E-state index contributed by atoms with van der Waals surface area (Å²) < 4.78 is 23.7. The van der Waals surface area contributed by atoms with E-state index in [0.29, 0.717) is 13.2 Å². The smallest absolute Gasteiger partial charge is 0.186 e. The number of rotatable bonds is 7. The van der Waals surface area contributed by atoms with E-state index in [1.807, 2.05) is 55.5 Å². The molecule has 0 saturated carbocycles. The van der Waals surface area contributed by atoms with Crippen LogP contribution in [0.15, 0.2) is 60.7 Å². The number of hydrogen-bond acceptors (Lipinski definition) is 4. The molecule has 0 bridgehead atoms. The first kappa shape index (κ1) is 18.1. The van der Waals surface area contributed by atoms with Gasteiger partial charge in [-0.2, -0.15) is 0 Å². The second-order valence-corrected chi connectivity index (χ2v) is 6.38. The van der Waals surface area contributed by atoms with E-state index >= 15 is 0 Å². The third kappa shape index (κ3) is 5.13. The van der Waals surface area contributed by atoms with Crippen molar-refractivity contribution in [3.63, 3.8) is 0 Å². The Morgan fingerprint density at radius 3 is 2.00 bits per heavy atom. The summed E-state index contributed by atoms with van der Waals surface area (Å²) in [4.78, 5) is 0. The van der Waals surface area contributed by atoms with Crippen LogP contribution in [-0.4, -0.2) is 31.7 Å². The van der Waals surface area contributed by atoms with Gasteiger partial charge in [-0.1, -0.05) is 60.7 Å². The molecule has 2 aromatic carbocycles. The lowest BCUT2D eigenvalue weighted by atomic mass is 10.0. The minimum atomic E-state index is -0.423. The molecule has 0 aromatic heterocycles. The number of hydrogen-bond donors (Lipinski definition) is 0. The van der Waals surface area contributed by atoms with Gasteiger partial charge in [0.05, 0.1) is 25.4 Å². The molecule has 134 valence electrons. The summed E-state index contributed by atoms with van der Waals surface area (Å²) >= 11 is 0. The molecule has 4 nitrogen and oxygen atoms in total. The maximum atomic E-state index is 6.19. The van der Waals surface area contributed by atoms with E-state index in [1.165, 1.54) is 0 Å². The summed E-state index contributed by atoms with van der Waals surface area (Å²) in [6, 6.07) is 20.3. The zero-order valence-corrected chi connectivity index (χ0v) is 14.8. The molecule has 4 heteroatoms. The van der Waals surface area contributed by atoms with Crippen molar-refractivity contribution in [2.24, 2.45) is 0 Å². The maximum absolute atomic E-state index is 6.19. The quantitative estimate of drug-likeness (QED) is 0.764. The van der Waals surface area contributed by atoms with Gasteiger partial charge in [0.2, 0.25) is 0 Å². The molecule has 0 N–H and O–H groups in total. The third-order valence-electron chi connectivity index (χ3n) is 4.39. The zero-order chi connectivity index (χ0) is 17.5. The minimum absolute atomic E-state index is 0.0716. The molecule has 1 aliphatic heterocycles. The molecule has 0 spiro atoms. The van der Waals surface area contributed by atoms with E-state index in [-0.39, 0.29) is 18.3 Å². The molecular weight excluding hydrogens is 316 g/mol. The Hall–Kier alpha value is -1.72. The highest BCUT2D eigenvalue weighted by molar-refractivity contribution is 5.14. The number of ether oxygens (including phenoxy) is 4. The van der Waals surface area contributed by atoms with Crippen LogP contribution in [0.3, 0.4) is 0 Å². The molecule has 0 radical (unpaired) electrons. The van der Waals surface area contributed by atoms with E-state index in [9.17, 15) is 0 Å². The van der Waals surface area contributed by atoms with Crippen molar-refractivity contribution in [2.75, 3.05) is 7.11 Å². The predicted molar refractivity (Wildman–Crippen MR) is 96.0 cm³/mol. The Morgan fingerprint density at radius 1 is 0.880 bits per heavy atom. The van der Waals surface area contributed by atoms with Gasteiger partial charge < -0.3 is 18.9 Å². The molecule has 0 amide bonds. The van der Waals surface area contributed by atoms with Crippen molar-refractivity contribution in [3.8, 4) is 0 Å². The molecule has 1 aliphatic rings. The molecule has 1 fully saturated rings. The Kier molecular flexibility index (Phi) is 6.59. The monoisotopic (exact) mass is 342 g/mol. The fourth-order valence-corrected chi connectivity index (χ4v) is 3.08. The van der Waals surface area contributed by atoms with Crippen molar-refractivity contribution < 1.29 is 18.9 Å². The Morgan fingerprint density at radius 2 is 1.44 bits per heavy atom. The van der Waals surface area contributed by atoms with E-state index in [0.717, 1.165) is 17.5 Å². The highest BCUT2D eigenvalue weighted by Gasteiger charge is 2.39. The third-order valence-corrected chi connectivity index (χ3v) is 4.39. The van der Waals surface area contributed by atoms with Gasteiger partial charge in [0.15, 0.2) is 6.29 Å². The van der Waals surface area contributed by atoms with Crippen LogP contribution >= 0.6 is 0 Å². The standard InChI is InChI=1S/C21H26O4/c1-16-13-19(23-14-17-9-5-3-6-10-17)20(21(22-2)25-16)24-15-18-11-7-4-8-12-18/h3-12,16,19-21H,13-15H2,1-2H3/t16-,19+,20-,21?/m1/s1. The second-order valence-electron chi connectivity index (χ2n) is 6.38. The molecular formula is C21H26O4. The molecule has 0 aliphatic carbocycles. The highest BCUT2D eigenvalue weighted by atomic mass is 16.7. The molecule has 4 atom stereocenters. The molecule has 3 rings (SSSR count). The van der Waals surface area contributed by atoms with Crippen LogP contribution in [0.2, 0.25) is 0 Å². The summed E-state index contributed by atoms with van der Waals surface area (Å²) in [5.74, 6) is 0. The van der Waals surface area contributed by atoms with Crippen LogP contribution in [0.25, 0.3) is 0 Å². The lowest BCUT2D eigenvalue weighted by Crippen LogP contribution is -2.50. The van der Waals surface area contributed by atoms with Gasteiger partial charge in [0, 0.05) is 13.5 Å². The van der Waals surface area contributed by atoms with E-state index in [2.05, 4.69) is 12.1 Å². The SMILES string of the molecule is COC1O[C@H](C)C[C@H](OCc2ccccc2)[C@H]1OCc1ccccc1. The first-order chi connectivity index (χ1) is 12.3. The van der Waals surface area contributed by atoms with Crippen LogP contribution in [0, 0.1) is 0 Å². The van der Waals surface area contributed by atoms with Gasteiger partial charge in [-0.05, 0) is 18.1 Å². The Labute approximate surface area is 149 Å². The van der Waals surface area contributed by atoms with Crippen molar-refractivity contribution in [1.29, 1.82) is 0 Å². The fraction of sp³-hybridized carbons (Fsp3) is 0.429. The van der Waals surface area contributed by atoms with Crippen molar-refractivity contribution in [1.82, 2.24) is 0 Å². The molecule has 1 saturated heterocycles. The lowest BCUT2D eigenvalue weighted by Gasteiger charge is -2.39. The van der Waals surface area contributed by atoms with Gasteiger partial charge in [-0.25, -0.2) is 0 Å². The van der Waals surface area contributed by atoms with Crippen LogP contribution in [0.1, 0.15) is 24.5 Å². The van der Waals surface area contributed by atoms with Crippen LogP contribution < -0.4 is 0 Å². The van der Waals surface area contributed by atoms with E-state index < -0.39 is 6.29 Å². The second kappa shape index (κ2) is 9.11. The maximum Gasteiger partial charge on any atom is 0.186 e. The fourth-order valence-electron chi connectivity index (χ4n) is 3.08. The summed E-state index contributed by atoms with van der Waals surface area (Å²) in [6.45, 7) is 3.10. The van der Waals surface area contributed by atoms with Crippen LogP contribution in [-0.2, 0) is 32.2 Å². The molecule has 25 heavy (non-hydrogen) atoms. The molecule has 1 heterocycles. The van der Waals surface area contributed by atoms with Gasteiger partial charge in [0.1, 0.15) is 6.10 Å². The first-order valence-electron chi connectivity index (χ1n) is 8.75. The van der Waals surface area contributed by atoms with Gasteiger partial charge in [-0.15, -0.1) is 0 Å². The number of benzene rings is 2.